The summed E-state index contributed by atoms with van der Waals surface area (Å²) < 4.78 is 0. The predicted molar refractivity (Wildman–Crippen MR) is 79.6 cm³/mol. The minimum absolute atomic E-state index is 0.0689. The van der Waals surface area contributed by atoms with Crippen LogP contribution in [0.15, 0.2) is 29.6 Å². The van der Waals surface area contributed by atoms with Gasteiger partial charge in [0.15, 0.2) is 0 Å². The lowest BCUT2D eigenvalue weighted by Gasteiger charge is -2.07. The fourth-order valence-electron chi connectivity index (χ4n) is 1.60. The maximum absolute atomic E-state index is 10.9. The molecule has 1 heterocycles. The summed E-state index contributed by atoms with van der Waals surface area (Å²) in [6.45, 7) is 0.597. The summed E-state index contributed by atoms with van der Waals surface area (Å²) in [5.74, 6) is 0. The molecule has 0 aliphatic heterocycles. The number of benzene rings is 1. The van der Waals surface area contributed by atoms with Crippen LogP contribution in [0.1, 0.15) is 4.88 Å². The summed E-state index contributed by atoms with van der Waals surface area (Å²) in [6.07, 6.45) is 0.801. The third kappa shape index (κ3) is 3.59. The number of thiophene rings is 1. The van der Waals surface area contributed by atoms with Crippen LogP contribution in [0.4, 0.5) is 11.4 Å². The summed E-state index contributed by atoms with van der Waals surface area (Å²) in [4.78, 5) is 11.7. The molecule has 0 spiro atoms. The Kier molecular flexibility index (Phi) is 4.63. The minimum atomic E-state index is -0.477. The Morgan fingerprint density at radius 1 is 1.32 bits per heavy atom. The maximum Gasteiger partial charge on any atom is 0.293 e. The monoisotopic (exact) mass is 316 g/mol. The van der Waals surface area contributed by atoms with Crippen molar-refractivity contribution in [1.82, 2.24) is 0 Å². The zero-order valence-electron chi connectivity index (χ0n) is 9.73. The van der Waals surface area contributed by atoms with Crippen LogP contribution in [0.3, 0.4) is 0 Å². The molecule has 2 rings (SSSR count). The van der Waals surface area contributed by atoms with Crippen molar-refractivity contribution in [2.24, 2.45) is 0 Å². The molecule has 0 atom stereocenters. The van der Waals surface area contributed by atoms with Crippen LogP contribution in [-0.2, 0) is 6.42 Å². The maximum atomic E-state index is 10.9. The van der Waals surface area contributed by atoms with E-state index in [0.29, 0.717) is 17.3 Å². The molecule has 0 saturated carbocycles. The van der Waals surface area contributed by atoms with E-state index in [1.807, 2.05) is 17.5 Å². The fourth-order valence-corrected chi connectivity index (χ4v) is 2.63. The second kappa shape index (κ2) is 6.23. The van der Waals surface area contributed by atoms with Crippen molar-refractivity contribution < 1.29 is 4.92 Å². The first-order chi connectivity index (χ1) is 9.08. The van der Waals surface area contributed by atoms with Crippen LogP contribution in [0.2, 0.25) is 10.0 Å². The normalized spacial score (nSPS) is 10.4. The van der Waals surface area contributed by atoms with Gasteiger partial charge in [0.2, 0.25) is 0 Å². The Morgan fingerprint density at radius 3 is 2.68 bits per heavy atom. The summed E-state index contributed by atoms with van der Waals surface area (Å²) in [5.41, 5.74) is 0.316. The van der Waals surface area contributed by atoms with Crippen molar-refractivity contribution in [3.05, 3.63) is 54.7 Å². The third-order valence-electron chi connectivity index (χ3n) is 2.50. The largest absolute Gasteiger partial charge is 0.379 e. The van der Waals surface area contributed by atoms with Gasteiger partial charge in [-0.05, 0) is 23.9 Å². The molecule has 0 bridgehead atoms. The van der Waals surface area contributed by atoms with E-state index in [0.717, 1.165) is 6.42 Å². The highest BCUT2D eigenvalue weighted by atomic mass is 35.5. The molecule has 19 heavy (non-hydrogen) atoms. The van der Waals surface area contributed by atoms with Gasteiger partial charge in [-0.15, -0.1) is 11.3 Å². The smallest absolute Gasteiger partial charge is 0.293 e. The number of halogens is 2. The fraction of sp³-hybridized carbons (Fsp3) is 0.167. The highest BCUT2D eigenvalue weighted by Crippen LogP contribution is 2.33. The average molecular weight is 317 g/mol. The van der Waals surface area contributed by atoms with E-state index in [-0.39, 0.29) is 10.7 Å². The molecule has 7 heteroatoms. The van der Waals surface area contributed by atoms with E-state index in [2.05, 4.69) is 5.32 Å². The van der Waals surface area contributed by atoms with Gasteiger partial charge in [0.05, 0.1) is 15.0 Å². The molecule has 0 amide bonds. The van der Waals surface area contributed by atoms with Gasteiger partial charge < -0.3 is 5.32 Å². The number of anilines is 1. The molecule has 0 aliphatic carbocycles. The first-order valence-electron chi connectivity index (χ1n) is 5.47. The summed E-state index contributed by atoms with van der Waals surface area (Å²) in [5, 5.41) is 16.4. The van der Waals surface area contributed by atoms with Gasteiger partial charge >= 0.3 is 0 Å². The van der Waals surface area contributed by atoms with E-state index < -0.39 is 4.92 Å². The molecule has 0 saturated heterocycles. The molecule has 0 radical (unpaired) electrons. The van der Waals surface area contributed by atoms with Crippen molar-refractivity contribution in [2.45, 2.75) is 6.42 Å². The molecule has 4 nitrogen and oxygen atoms in total. The molecule has 0 fully saturated rings. The Morgan fingerprint density at radius 2 is 2.05 bits per heavy atom. The molecular weight excluding hydrogens is 307 g/mol. The van der Waals surface area contributed by atoms with Gasteiger partial charge in [-0.1, -0.05) is 29.3 Å². The minimum Gasteiger partial charge on any atom is -0.379 e. The summed E-state index contributed by atoms with van der Waals surface area (Å²) in [6, 6.07) is 6.74. The van der Waals surface area contributed by atoms with E-state index in [1.165, 1.54) is 17.0 Å². The Bertz CT molecular complexity index is 588. The van der Waals surface area contributed by atoms with Crippen LogP contribution in [-0.4, -0.2) is 11.5 Å². The number of hydrogen-bond donors (Lipinski definition) is 1. The Balaban J connectivity index is 2.10. The number of rotatable bonds is 5. The van der Waals surface area contributed by atoms with E-state index in [9.17, 15) is 10.1 Å². The molecule has 1 N–H and O–H groups in total. The lowest BCUT2D eigenvalue weighted by atomic mass is 10.2. The van der Waals surface area contributed by atoms with Crippen molar-refractivity contribution in [3.63, 3.8) is 0 Å². The lowest BCUT2D eigenvalue weighted by Crippen LogP contribution is -2.06. The molecular formula is C12H10Cl2N2O2S. The van der Waals surface area contributed by atoms with Gasteiger partial charge in [0, 0.05) is 17.5 Å². The standard InChI is InChI=1S/C12H10Cl2N2O2S/c13-9-6-11(12(16(17)18)7-10(9)14)15-4-3-8-2-1-5-19-8/h1-2,5-7,15H,3-4H2. The molecule has 0 aliphatic rings. The number of nitrogens with zero attached hydrogens (tertiary/aromatic N) is 1. The van der Waals surface area contributed by atoms with Crippen molar-refractivity contribution in [3.8, 4) is 0 Å². The zero-order chi connectivity index (χ0) is 13.8. The molecule has 0 unspecified atom stereocenters. The van der Waals surface area contributed by atoms with Crippen LogP contribution in [0, 0.1) is 10.1 Å². The Labute approximate surface area is 124 Å². The second-order valence-corrected chi connectivity index (χ2v) is 5.64. The molecule has 1 aromatic carbocycles. The topological polar surface area (TPSA) is 55.2 Å². The van der Waals surface area contributed by atoms with E-state index in [1.54, 1.807) is 11.3 Å². The summed E-state index contributed by atoms with van der Waals surface area (Å²) >= 11 is 13.3. The number of nitro groups is 1. The van der Waals surface area contributed by atoms with Gasteiger partial charge in [-0.2, -0.15) is 0 Å². The molecule has 100 valence electrons. The number of nitro benzene ring substituents is 1. The van der Waals surface area contributed by atoms with Gasteiger partial charge in [0.1, 0.15) is 5.69 Å². The average Bonchev–Trinajstić information content (AvgIpc) is 2.86. The van der Waals surface area contributed by atoms with E-state index in [4.69, 9.17) is 23.2 Å². The first-order valence-corrected chi connectivity index (χ1v) is 7.11. The van der Waals surface area contributed by atoms with Crippen LogP contribution in [0.5, 0.6) is 0 Å². The number of hydrogen-bond acceptors (Lipinski definition) is 4. The van der Waals surface area contributed by atoms with Crippen LogP contribution >= 0.6 is 34.5 Å². The van der Waals surface area contributed by atoms with Crippen molar-refractivity contribution in [2.75, 3.05) is 11.9 Å². The molecule has 1 aromatic heterocycles. The quantitative estimate of drug-likeness (QED) is 0.647. The van der Waals surface area contributed by atoms with Crippen molar-refractivity contribution in [1.29, 1.82) is 0 Å². The zero-order valence-corrected chi connectivity index (χ0v) is 12.1. The number of nitrogens with one attached hydrogen (secondary N) is 1. The van der Waals surface area contributed by atoms with Gasteiger partial charge in [-0.3, -0.25) is 10.1 Å². The van der Waals surface area contributed by atoms with Crippen molar-refractivity contribution >= 4 is 45.9 Å². The highest BCUT2D eigenvalue weighted by molar-refractivity contribution is 7.09. The first kappa shape index (κ1) is 14.1. The van der Waals surface area contributed by atoms with Crippen LogP contribution < -0.4 is 5.32 Å². The van der Waals surface area contributed by atoms with Gasteiger partial charge in [-0.25, -0.2) is 0 Å². The lowest BCUT2D eigenvalue weighted by molar-refractivity contribution is -0.383. The Hall–Kier alpha value is -1.30. The van der Waals surface area contributed by atoms with Gasteiger partial charge in [0.25, 0.3) is 5.69 Å². The highest BCUT2D eigenvalue weighted by Gasteiger charge is 2.16. The summed E-state index contributed by atoms with van der Waals surface area (Å²) in [7, 11) is 0. The van der Waals surface area contributed by atoms with E-state index >= 15 is 0 Å². The second-order valence-electron chi connectivity index (χ2n) is 3.80. The van der Waals surface area contributed by atoms with Crippen LogP contribution in [0.25, 0.3) is 0 Å². The SMILES string of the molecule is O=[N+]([O-])c1cc(Cl)c(Cl)cc1NCCc1cccs1. The third-order valence-corrected chi connectivity index (χ3v) is 4.16. The molecule has 2 aromatic rings. The predicted octanol–water partition coefficient (Wildman–Crippen LogP) is 4.62.